The number of rotatable bonds is 6. The molecule has 0 N–H and O–H groups in total. The van der Waals surface area contributed by atoms with E-state index >= 15 is 0 Å². The summed E-state index contributed by atoms with van der Waals surface area (Å²) in [6.07, 6.45) is 2.86. The molecular formula is C13H15N3O4. The van der Waals surface area contributed by atoms with Gasteiger partial charge in [0.25, 0.3) is 0 Å². The van der Waals surface area contributed by atoms with Gasteiger partial charge in [0, 0.05) is 18.2 Å². The molecule has 7 heteroatoms. The standard InChI is InChI=1S/C13H15N3O4/c1-15(2)5-6-19-12-7-10(13-8-14-9-20-13)3-4-11(12)16(17)18/h3-4,7-9H,5-6H2,1-2H3. The number of nitro benzene ring substituents is 1. The zero-order chi connectivity index (χ0) is 14.5. The molecule has 0 spiro atoms. The molecule has 0 saturated carbocycles. The third kappa shape index (κ3) is 3.33. The van der Waals surface area contributed by atoms with Gasteiger partial charge in [0.15, 0.2) is 17.9 Å². The van der Waals surface area contributed by atoms with Crippen molar-refractivity contribution in [2.24, 2.45) is 0 Å². The molecule has 0 aliphatic rings. The van der Waals surface area contributed by atoms with Crippen LogP contribution in [0.25, 0.3) is 11.3 Å². The van der Waals surface area contributed by atoms with Gasteiger partial charge < -0.3 is 14.1 Å². The highest BCUT2D eigenvalue weighted by molar-refractivity contribution is 5.63. The summed E-state index contributed by atoms with van der Waals surface area (Å²) in [7, 11) is 3.81. The van der Waals surface area contributed by atoms with Crippen LogP contribution in [-0.2, 0) is 0 Å². The van der Waals surface area contributed by atoms with E-state index in [0.717, 1.165) is 0 Å². The van der Waals surface area contributed by atoms with Crippen LogP contribution in [0.15, 0.2) is 35.2 Å². The molecule has 0 unspecified atom stereocenters. The van der Waals surface area contributed by atoms with Crippen LogP contribution in [0, 0.1) is 10.1 Å². The van der Waals surface area contributed by atoms with E-state index in [2.05, 4.69) is 4.98 Å². The maximum absolute atomic E-state index is 11.0. The highest BCUT2D eigenvalue weighted by atomic mass is 16.6. The van der Waals surface area contributed by atoms with E-state index in [1.165, 1.54) is 12.5 Å². The predicted octanol–water partition coefficient (Wildman–Crippen LogP) is 2.19. The van der Waals surface area contributed by atoms with Crippen LogP contribution in [0.3, 0.4) is 0 Å². The highest BCUT2D eigenvalue weighted by Crippen LogP contribution is 2.32. The summed E-state index contributed by atoms with van der Waals surface area (Å²) in [5.74, 6) is 0.767. The van der Waals surface area contributed by atoms with E-state index in [1.807, 2.05) is 19.0 Å². The fraction of sp³-hybridized carbons (Fsp3) is 0.308. The van der Waals surface area contributed by atoms with Gasteiger partial charge in [-0.25, -0.2) is 4.98 Å². The lowest BCUT2D eigenvalue weighted by atomic mass is 10.1. The predicted molar refractivity (Wildman–Crippen MR) is 72.6 cm³/mol. The van der Waals surface area contributed by atoms with Gasteiger partial charge in [-0.05, 0) is 26.2 Å². The Bertz CT molecular complexity index is 581. The van der Waals surface area contributed by atoms with Crippen molar-refractivity contribution < 1.29 is 14.1 Å². The van der Waals surface area contributed by atoms with E-state index in [4.69, 9.17) is 9.15 Å². The van der Waals surface area contributed by atoms with E-state index in [1.54, 1.807) is 18.3 Å². The van der Waals surface area contributed by atoms with Crippen LogP contribution < -0.4 is 4.74 Å². The van der Waals surface area contributed by atoms with E-state index < -0.39 is 4.92 Å². The molecule has 0 bridgehead atoms. The summed E-state index contributed by atoms with van der Waals surface area (Å²) in [6, 6.07) is 4.61. The molecule has 0 aliphatic carbocycles. The number of oxazole rings is 1. The Balaban J connectivity index is 2.25. The van der Waals surface area contributed by atoms with E-state index in [-0.39, 0.29) is 11.4 Å². The minimum Gasteiger partial charge on any atom is -0.485 e. The molecule has 2 rings (SSSR count). The fourth-order valence-corrected chi connectivity index (χ4v) is 1.63. The van der Waals surface area contributed by atoms with Crippen molar-refractivity contribution in [3.63, 3.8) is 0 Å². The van der Waals surface area contributed by atoms with Crippen molar-refractivity contribution in [3.8, 4) is 17.1 Å². The van der Waals surface area contributed by atoms with Gasteiger partial charge in [-0.1, -0.05) is 0 Å². The van der Waals surface area contributed by atoms with Crippen LogP contribution in [0.4, 0.5) is 5.69 Å². The van der Waals surface area contributed by atoms with Crippen molar-refractivity contribution in [2.45, 2.75) is 0 Å². The molecule has 106 valence electrons. The first-order chi connectivity index (χ1) is 9.58. The Morgan fingerprint density at radius 3 is 2.85 bits per heavy atom. The van der Waals surface area contributed by atoms with Crippen molar-refractivity contribution in [1.82, 2.24) is 9.88 Å². The lowest BCUT2D eigenvalue weighted by molar-refractivity contribution is -0.385. The van der Waals surface area contributed by atoms with Crippen LogP contribution in [-0.4, -0.2) is 42.1 Å². The molecule has 0 radical (unpaired) electrons. The number of likely N-dealkylation sites (N-methyl/N-ethyl adjacent to an activating group) is 1. The molecule has 1 aromatic carbocycles. The van der Waals surface area contributed by atoms with Gasteiger partial charge in [0.1, 0.15) is 6.61 Å². The van der Waals surface area contributed by atoms with Gasteiger partial charge in [-0.2, -0.15) is 0 Å². The second kappa shape index (κ2) is 6.16. The summed E-state index contributed by atoms with van der Waals surface area (Å²) >= 11 is 0. The number of ether oxygens (including phenoxy) is 1. The van der Waals surface area contributed by atoms with E-state index in [0.29, 0.717) is 24.5 Å². The molecule has 20 heavy (non-hydrogen) atoms. The second-order valence-corrected chi connectivity index (χ2v) is 4.46. The topological polar surface area (TPSA) is 81.6 Å². The third-order valence-electron chi connectivity index (χ3n) is 2.67. The Morgan fingerprint density at radius 2 is 2.25 bits per heavy atom. The minimum absolute atomic E-state index is 0.0629. The quantitative estimate of drug-likeness (QED) is 0.594. The molecule has 0 aliphatic heterocycles. The van der Waals surface area contributed by atoms with E-state index in [9.17, 15) is 10.1 Å². The van der Waals surface area contributed by atoms with Crippen molar-refractivity contribution in [1.29, 1.82) is 0 Å². The SMILES string of the molecule is CN(C)CCOc1cc(-c2cnco2)ccc1[N+](=O)[O-]. The summed E-state index contributed by atoms with van der Waals surface area (Å²) in [4.78, 5) is 16.3. The number of benzene rings is 1. The molecular weight excluding hydrogens is 262 g/mol. The fourth-order valence-electron chi connectivity index (χ4n) is 1.63. The Hall–Kier alpha value is -2.41. The van der Waals surface area contributed by atoms with Gasteiger partial charge in [0.2, 0.25) is 0 Å². The molecule has 7 nitrogen and oxygen atoms in total. The van der Waals surface area contributed by atoms with Gasteiger partial charge in [0.05, 0.1) is 11.1 Å². The average Bonchev–Trinajstić information content (AvgIpc) is 2.91. The maximum Gasteiger partial charge on any atom is 0.310 e. The van der Waals surface area contributed by atoms with Crippen LogP contribution in [0.1, 0.15) is 0 Å². The lowest BCUT2D eigenvalue weighted by Gasteiger charge is -2.11. The molecule has 1 aromatic heterocycles. The zero-order valence-corrected chi connectivity index (χ0v) is 11.3. The molecule has 0 amide bonds. The second-order valence-electron chi connectivity index (χ2n) is 4.46. The number of nitro groups is 1. The van der Waals surface area contributed by atoms with Gasteiger partial charge >= 0.3 is 5.69 Å². The largest absolute Gasteiger partial charge is 0.485 e. The molecule has 0 atom stereocenters. The van der Waals surface area contributed by atoms with Crippen molar-refractivity contribution >= 4 is 5.69 Å². The summed E-state index contributed by atoms with van der Waals surface area (Å²) < 4.78 is 10.7. The monoisotopic (exact) mass is 277 g/mol. The van der Waals surface area contributed by atoms with Crippen molar-refractivity contribution in [2.75, 3.05) is 27.2 Å². The van der Waals surface area contributed by atoms with Crippen molar-refractivity contribution in [3.05, 3.63) is 40.9 Å². The highest BCUT2D eigenvalue weighted by Gasteiger charge is 2.17. The number of hydrogen-bond donors (Lipinski definition) is 0. The maximum atomic E-state index is 11.0. The number of nitrogens with zero attached hydrogens (tertiary/aromatic N) is 3. The zero-order valence-electron chi connectivity index (χ0n) is 11.3. The Labute approximate surface area is 115 Å². The molecule has 0 fully saturated rings. The molecule has 1 heterocycles. The Morgan fingerprint density at radius 1 is 1.45 bits per heavy atom. The molecule has 0 saturated heterocycles. The van der Waals surface area contributed by atoms with Gasteiger partial charge in [-0.3, -0.25) is 10.1 Å². The number of aromatic nitrogens is 1. The van der Waals surface area contributed by atoms with Crippen LogP contribution in [0.2, 0.25) is 0 Å². The first kappa shape index (κ1) is 14.0. The first-order valence-corrected chi connectivity index (χ1v) is 6.03. The number of hydrogen-bond acceptors (Lipinski definition) is 6. The summed E-state index contributed by atoms with van der Waals surface area (Å²) in [5.41, 5.74) is 0.625. The normalized spacial score (nSPS) is 10.8. The average molecular weight is 277 g/mol. The Kier molecular flexibility index (Phi) is 4.31. The van der Waals surface area contributed by atoms with Crippen LogP contribution in [0.5, 0.6) is 5.75 Å². The summed E-state index contributed by atoms with van der Waals surface area (Å²) in [6.45, 7) is 1.04. The molecule has 2 aromatic rings. The van der Waals surface area contributed by atoms with Crippen LogP contribution >= 0.6 is 0 Å². The minimum atomic E-state index is -0.463. The smallest absolute Gasteiger partial charge is 0.310 e. The summed E-state index contributed by atoms with van der Waals surface area (Å²) in [5, 5.41) is 11.0. The van der Waals surface area contributed by atoms with Gasteiger partial charge in [-0.15, -0.1) is 0 Å². The first-order valence-electron chi connectivity index (χ1n) is 6.03. The third-order valence-corrected chi connectivity index (χ3v) is 2.67. The lowest BCUT2D eigenvalue weighted by Crippen LogP contribution is -2.19.